The van der Waals surface area contributed by atoms with Crippen LogP contribution in [-0.2, 0) is 11.3 Å². The van der Waals surface area contributed by atoms with E-state index in [0.29, 0.717) is 12.4 Å². The molecule has 9 nitrogen and oxygen atoms in total. The van der Waals surface area contributed by atoms with Crippen molar-refractivity contribution in [3.8, 4) is 11.6 Å². The summed E-state index contributed by atoms with van der Waals surface area (Å²) in [5.41, 5.74) is 1.05. The van der Waals surface area contributed by atoms with Gasteiger partial charge in [0.25, 0.3) is 0 Å². The number of rotatable bonds is 6. The third kappa shape index (κ3) is 4.50. The first-order valence-corrected chi connectivity index (χ1v) is 9.55. The van der Waals surface area contributed by atoms with Crippen molar-refractivity contribution in [1.82, 2.24) is 30.0 Å². The maximum Gasteiger partial charge on any atom is 0.223 e. The van der Waals surface area contributed by atoms with Crippen LogP contribution in [0.15, 0.2) is 49.3 Å². The summed E-state index contributed by atoms with van der Waals surface area (Å²) in [6.07, 6.45) is 6.18. The molecule has 0 unspecified atom stereocenters. The molecule has 0 atom stereocenters. The van der Waals surface area contributed by atoms with Gasteiger partial charge in [-0.15, -0.1) is 0 Å². The van der Waals surface area contributed by atoms with Crippen LogP contribution in [0.5, 0.6) is 5.75 Å². The Hall–Kier alpha value is -3.49. The van der Waals surface area contributed by atoms with Crippen molar-refractivity contribution >= 4 is 11.7 Å². The number of aromatic nitrogens is 5. The fourth-order valence-corrected chi connectivity index (χ4v) is 3.41. The number of hydrogen-bond donors (Lipinski definition) is 1. The van der Waals surface area contributed by atoms with Crippen molar-refractivity contribution in [3.63, 3.8) is 0 Å². The number of anilines is 1. The van der Waals surface area contributed by atoms with Gasteiger partial charge in [-0.25, -0.2) is 19.6 Å². The van der Waals surface area contributed by atoms with E-state index >= 15 is 0 Å². The third-order valence-electron chi connectivity index (χ3n) is 5.11. The highest BCUT2D eigenvalue weighted by atomic mass is 16.5. The maximum atomic E-state index is 12.5. The minimum absolute atomic E-state index is 0.0149. The van der Waals surface area contributed by atoms with Crippen LogP contribution in [0.4, 0.5) is 5.82 Å². The van der Waals surface area contributed by atoms with E-state index in [1.54, 1.807) is 18.1 Å². The van der Waals surface area contributed by atoms with E-state index in [1.807, 2.05) is 30.3 Å². The monoisotopic (exact) mass is 393 g/mol. The molecule has 4 rings (SSSR count). The summed E-state index contributed by atoms with van der Waals surface area (Å²) >= 11 is 0. The zero-order valence-corrected chi connectivity index (χ0v) is 16.2. The Kier molecular flexibility index (Phi) is 5.64. The van der Waals surface area contributed by atoms with Crippen LogP contribution in [0, 0.1) is 5.92 Å². The lowest BCUT2D eigenvalue weighted by Crippen LogP contribution is -2.40. The Balaban J connectivity index is 1.30. The molecule has 150 valence electrons. The number of hydrogen-bond acceptors (Lipinski definition) is 7. The number of nitrogens with one attached hydrogen (secondary N) is 1. The molecule has 0 saturated carbocycles. The van der Waals surface area contributed by atoms with Gasteiger partial charge < -0.3 is 15.0 Å². The molecule has 0 aliphatic carbocycles. The van der Waals surface area contributed by atoms with E-state index in [9.17, 15) is 4.79 Å². The number of ether oxygens (including phenoxy) is 1. The number of amides is 1. The fourth-order valence-electron chi connectivity index (χ4n) is 3.41. The van der Waals surface area contributed by atoms with Gasteiger partial charge in [-0.2, -0.15) is 5.10 Å². The van der Waals surface area contributed by atoms with Crippen molar-refractivity contribution < 1.29 is 9.53 Å². The summed E-state index contributed by atoms with van der Waals surface area (Å²) in [7, 11) is 1.64. The van der Waals surface area contributed by atoms with Crippen LogP contribution < -0.4 is 15.0 Å². The van der Waals surface area contributed by atoms with Crippen molar-refractivity contribution in [2.45, 2.75) is 19.4 Å². The smallest absolute Gasteiger partial charge is 0.223 e. The Morgan fingerprint density at radius 1 is 1.14 bits per heavy atom. The molecule has 0 spiro atoms. The number of benzene rings is 1. The van der Waals surface area contributed by atoms with Crippen molar-refractivity contribution in [2.75, 3.05) is 25.1 Å². The maximum absolute atomic E-state index is 12.5. The molecule has 2 aromatic heterocycles. The molecule has 1 N–H and O–H groups in total. The number of carbonyl (C=O) groups excluding carboxylic acids is 1. The van der Waals surface area contributed by atoms with Crippen LogP contribution in [0.2, 0.25) is 0 Å². The molecule has 1 aliphatic heterocycles. The van der Waals surface area contributed by atoms with Crippen LogP contribution in [-0.4, -0.2) is 50.8 Å². The zero-order valence-electron chi connectivity index (χ0n) is 16.2. The number of nitrogens with zero attached hydrogens (tertiary/aromatic N) is 6. The second-order valence-corrected chi connectivity index (χ2v) is 6.90. The average Bonchev–Trinajstić information content (AvgIpc) is 3.33. The molecule has 0 radical (unpaired) electrons. The van der Waals surface area contributed by atoms with Crippen LogP contribution in [0.3, 0.4) is 0 Å². The molecule has 1 aliphatic rings. The molecule has 9 heteroatoms. The van der Waals surface area contributed by atoms with E-state index in [-0.39, 0.29) is 11.8 Å². The lowest BCUT2D eigenvalue weighted by molar-refractivity contribution is -0.125. The highest BCUT2D eigenvalue weighted by Gasteiger charge is 2.25. The van der Waals surface area contributed by atoms with E-state index in [1.165, 1.54) is 12.7 Å². The molecular weight excluding hydrogens is 370 g/mol. The van der Waals surface area contributed by atoms with Crippen LogP contribution in [0.25, 0.3) is 5.82 Å². The minimum Gasteiger partial charge on any atom is -0.497 e. The Morgan fingerprint density at radius 2 is 1.90 bits per heavy atom. The number of methoxy groups -OCH3 is 1. The fraction of sp³-hybridized carbons (Fsp3) is 0.350. The summed E-state index contributed by atoms with van der Waals surface area (Å²) in [5.74, 6) is 2.44. The molecule has 0 bridgehead atoms. The second-order valence-electron chi connectivity index (χ2n) is 6.90. The first kappa shape index (κ1) is 18.9. The van der Waals surface area contributed by atoms with Crippen LogP contribution in [0.1, 0.15) is 18.4 Å². The molecule has 3 heterocycles. The number of piperidine rings is 1. The minimum atomic E-state index is 0.0149. The largest absolute Gasteiger partial charge is 0.497 e. The Bertz CT molecular complexity index is 936. The third-order valence-corrected chi connectivity index (χ3v) is 5.11. The molecule has 1 aromatic carbocycles. The summed E-state index contributed by atoms with van der Waals surface area (Å²) < 4.78 is 6.76. The summed E-state index contributed by atoms with van der Waals surface area (Å²) in [6.45, 7) is 2.07. The predicted molar refractivity (Wildman–Crippen MR) is 107 cm³/mol. The number of carbonyl (C=O) groups is 1. The van der Waals surface area contributed by atoms with Gasteiger partial charge in [-0.1, -0.05) is 12.1 Å². The van der Waals surface area contributed by atoms with Crippen molar-refractivity contribution in [2.24, 2.45) is 5.92 Å². The van der Waals surface area contributed by atoms with Gasteiger partial charge >= 0.3 is 0 Å². The van der Waals surface area contributed by atoms with E-state index in [2.05, 4.69) is 30.3 Å². The first-order valence-electron chi connectivity index (χ1n) is 9.55. The second kappa shape index (κ2) is 8.68. The average molecular weight is 393 g/mol. The highest BCUT2D eigenvalue weighted by molar-refractivity contribution is 5.79. The van der Waals surface area contributed by atoms with Gasteiger partial charge in [-0.05, 0) is 30.5 Å². The highest BCUT2D eigenvalue weighted by Crippen LogP contribution is 2.23. The normalized spacial score (nSPS) is 14.6. The van der Waals surface area contributed by atoms with E-state index in [4.69, 9.17) is 4.74 Å². The lowest BCUT2D eigenvalue weighted by Gasteiger charge is -2.32. The van der Waals surface area contributed by atoms with Gasteiger partial charge in [0.2, 0.25) is 5.91 Å². The molecule has 29 heavy (non-hydrogen) atoms. The van der Waals surface area contributed by atoms with Crippen molar-refractivity contribution in [3.05, 3.63) is 54.9 Å². The predicted octanol–water partition coefficient (Wildman–Crippen LogP) is 1.60. The Morgan fingerprint density at radius 3 is 2.59 bits per heavy atom. The Labute approximate surface area is 168 Å². The van der Waals surface area contributed by atoms with Gasteiger partial charge in [-0.3, -0.25) is 4.79 Å². The quantitative estimate of drug-likeness (QED) is 0.679. The van der Waals surface area contributed by atoms with E-state index < -0.39 is 0 Å². The molecule has 1 amide bonds. The molecule has 1 saturated heterocycles. The van der Waals surface area contributed by atoms with Crippen LogP contribution >= 0.6 is 0 Å². The van der Waals surface area contributed by atoms with Gasteiger partial charge in [0, 0.05) is 31.6 Å². The first-order chi connectivity index (χ1) is 14.2. The van der Waals surface area contributed by atoms with Gasteiger partial charge in [0.1, 0.15) is 30.5 Å². The molecule has 1 fully saturated rings. The standard InChI is InChI=1S/C20H23N7O2/c1-29-17-4-2-15(3-5-17)11-22-20(28)16-6-8-26(9-7-16)18-10-19(24-13-23-18)27-14-21-12-25-27/h2-5,10,12-14,16H,6-9,11H2,1H3,(H,22,28). The summed E-state index contributed by atoms with van der Waals surface area (Å²) in [5, 5.41) is 7.15. The van der Waals surface area contributed by atoms with Gasteiger partial charge in [0.15, 0.2) is 5.82 Å². The van der Waals surface area contributed by atoms with Gasteiger partial charge in [0.05, 0.1) is 7.11 Å². The van der Waals surface area contributed by atoms with Crippen molar-refractivity contribution in [1.29, 1.82) is 0 Å². The topological polar surface area (TPSA) is 98.1 Å². The summed E-state index contributed by atoms with van der Waals surface area (Å²) in [6, 6.07) is 9.61. The molecule has 3 aromatic rings. The lowest BCUT2D eigenvalue weighted by atomic mass is 9.96. The summed E-state index contributed by atoms with van der Waals surface area (Å²) in [4.78, 5) is 27.3. The molecular formula is C20H23N7O2. The van der Waals surface area contributed by atoms with E-state index in [0.717, 1.165) is 43.1 Å². The zero-order chi connectivity index (χ0) is 20.1. The SMILES string of the molecule is COc1ccc(CNC(=O)C2CCN(c3cc(-n4cncn4)ncn3)CC2)cc1.